The van der Waals surface area contributed by atoms with Crippen molar-refractivity contribution in [1.29, 1.82) is 5.26 Å². The molecule has 6 heterocycles. The molecule has 3 aliphatic heterocycles. The number of β-amino-alcohol motifs (C(OH)–C–C–N with tert-alkyl or cyclic N) is 1. The zero-order valence-electron chi connectivity index (χ0n) is 32.2. The molecule has 0 unspecified atom stereocenters. The summed E-state index contributed by atoms with van der Waals surface area (Å²) in [6.45, 7) is 13.6. The molecule has 4 aromatic rings. The van der Waals surface area contributed by atoms with Gasteiger partial charge < -0.3 is 24.2 Å². The monoisotopic (exact) mass is 776 g/mol. The van der Waals surface area contributed by atoms with Crippen LogP contribution in [0, 0.1) is 17.1 Å². The number of nitrogens with zero attached hydrogens (tertiary/aromatic N) is 7. The highest BCUT2D eigenvalue weighted by molar-refractivity contribution is 7.23. The number of ether oxygens (including phenoxy) is 3. The zero-order chi connectivity index (χ0) is 39.2. The molecule has 3 atom stereocenters. The number of aromatic nitrogens is 4. The number of nitriles is 1. The molecule has 13 nitrogen and oxygen atoms in total. The van der Waals surface area contributed by atoms with Gasteiger partial charge in [0, 0.05) is 48.5 Å². The van der Waals surface area contributed by atoms with Crippen LogP contribution in [0.15, 0.2) is 12.1 Å². The van der Waals surface area contributed by atoms with Gasteiger partial charge in [-0.2, -0.15) is 20.3 Å². The number of nitrogens with one attached hydrogen (secondary N) is 1. The number of halogens is 2. The van der Waals surface area contributed by atoms with E-state index in [0.717, 1.165) is 36.3 Å². The van der Waals surface area contributed by atoms with Crippen LogP contribution in [0.2, 0.25) is 0 Å². The van der Waals surface area contributed by atoms with Crippen LogP contribution < -0.4 is 15.0 Å². The van der Waals surface area contributed by atoms with Crippen molar-refractivity contribution in [3.05, 3.63) is 34.8 Å². The molecule has 3 aromatic heterocycles. The third-order valence-electron chi connectivity index (χ3n) is 11.1. The fourth-order valence-corrected chi connectivity index (χ4v) is 9.97. The fraction of sp³-hybridized carbons (Fsp3) is 0.564. The number of rotatable bonds is 6. The summed E-state index contributed by atoms with van der Waals surface area (Å²) >= 11 is 0.967. The topological polar surface area (TPSA) is 151 Å². The number of benzene rings is 1. The van der Waals surface area contributed by atoms with E-state index in [1.54, 1.807) is 45.5 Å². The molecule has 16 heteroatoms. The molecule has 1 aromatic carbocycles. The van der Waals surface area contributed by atoms with Crippen LogP contribution in [0.25, 0.3) is 32.6 Å². The van der Waals surface area contributed by atoms with Crippen LogP contribution in [0.3, 0.4) is 0 Å². The minimum atomic E-state index is -1.18. The van der Waals surface area contributed by atoms with Gasteiger partial charge in [0.05, 0.1) is 52.5 Å². The van der Waals surface area contributed by atoms with E-state index in [0.29, 0.717) is 65.5 Å². The Balaban J connectivity index is 1.27. The molecule has 0 radical (unpaired) electrons. The first-order valence-corrected chi connectivity index (χ1v) is 19.5. The predicted octanol–water partition coefficient (Wildman–Crippen LogP) is 6.30. The number of hydrogen-bond donors (Lipinski definition) is 2. The van der Waals surface area contributed by atoms with E-state index in [1.165, 1.54) is 6.07 Å². The minimum Gasteiger partial charge on any atom is -0.461 e. The van der Waals surface area contributed by atoms with E-state index in [4.69, 9.17) is 29.3 Å². The van der Waals surface area contributed by atoms with Crippen molar-refractivity contribution in [1.82, 2.24) is 24.6 Å². The largest absolute Gasteiger partial charge is 0.461 e. The summed E-state index contributed by atoms with van der Waals surface area (Å²) in [6, 6.07) is 5.35. The third kappa shape index (κ3) is 6.38. The van der Waals surface area contributed by atoms with Gasteiger partial charge in [0.1, 0.15) is 52.4 Å². The minimum absolute atomic E-state index is 0.106. The Labute approximate surface area is 322 Å². The highest BCUT2D eigenvalue weighted by atomic mass is 32.1. The Kier molecular flexibility index (Phi) is 8.91. The number of anilines is 2. The van der Waals surface area contributed by atoms with Gasteiger partial charge >= 0.3 is 12.1 Å². The second-order valence-corrected chi connectivity index (χ2v) is 18.1. The van der Waals surface area contributed by atoms with Crippen molar-refractivity contribution in [3.63, 3.8) is 0 Å². The SMILES string of the molecule is Cn1nc2c(c1-c1ccc(F)c3sc(NC(=O)OC(C)(C)C)c(C#N)c13)C(C)(C)c1nc(OC[C@@]34CCCN3C[C@H](F)C4)nc(N3CCOC[C@@](C)(O)C3)c1-2. The Hall–Kier alpha value is -4.43. The maximum atomic E-state index is 15.6. The molecule has 0 spiro atoms. The lowest BCUT2D eigenvalue weighted by atomic mass is 9.83. The molecular weight excluding hydrogens is 731 g/mol. The normalized spacial score (nSPS) is 24.7. The van der Waals surface area contributed by atoms with E-state index in [1.807, 2.05) is 18.7 Å². The van der Waals surface area contributed by atoms with Crippen LogP contribution in [-0.2, 0) is 21.9 Å². The van der Waals surface area contributed by atoms with Gasteiger partial charge in [-0.25, -0.2) is 13.6 Å². The molecule has 3 saturated heterocycles. The lowest BCUT2D eigenvalue weighted by Crippen LogP contribution is -2.44. The van der Waals surface area contributed by atoms with Crippen molar-refractivity contribution in [2.24, 2.45) is 7.05 Å². The maximum Gasteiger partial charge on any atom is 0.412 e. The van der Waals surface area contributed by atoms with Gasteiger partial charge in [0.15, 0.2) is 0 Å². The highest BCUT2D eigenvalue weighted by Gasteiger charge is 2.50. The number of carbonyl (C=O) groups is 1. The van der Waals surface area contributed by atoms with Gasteiger partial charge in [-0.3, -0.25) is 14.9 Å². The zero-order valence-corrected chi connectivity index (χ0v) is 33.0. The second-order valence-electron chi connectivity index (χ2n) is 17.1. The molecule has 2 N–H and O–H groups in total. The fourth-order valence-electron chi connectivity index (χ4n) is 8.90. The molecule has 0 saturated carbocycles. The summed E-state index contributed by atoms with van der Waals surface area (Å²) < 4.78 is 49.9. The van der Waals surface area contributed by atoms with Gasteiger partial charge in [-0.15, -0.1) is 11.3 Å². The van der Waals surface area contributed by atoms with E-state index in [-0.39, 0.29) is 41.0 Å². The van der Waals surface area contributed by atoms with E-state index >= 15 is 4.39 Å². The van der Waals surface area contributed by atoms with Crippen molar-refractivity contribution in [2.45, 2.75) is 89.1 Å². The lowest BCUT2D eigenvalue weighted by Gasteiger charge is -2.32. The Bertz CT molecular complexity index is 2260. The molecule has 3 fully saturated rings. The molecule has 1 aliphatic carbocycles. The second kappa shape index (κ2) is 13.1. The smallest absolute Gasteiger partial charge is 0.412 e. The van der Waals surface area contributed by atoms with Crippen LogP contribution in [0.1, 0.15) is 77.6 Å². The highest BCUT2D eigenvalue weighted by Crippen LogP contribution is 2.56. The summed E-state index contributed by atoms with van der Waals surface area (Å²) in [6.07, 6.45) is 0.535. The average Bonchev–Trinajstić information content (AvgIpc) is 3.84. The molecule has 8 rings (SSSR count). The van der Waals surface area contributed by atoms with Crippen molar-refractivity contribution in [2.75, 3.05) is 56.2 Å². The average molecular weight is 777 g/mol. The van der Waals surface area contributed by atoms with E-state index < -0.39 is 40.2 Å². The van der Waals surface area contributed by atoms with Crippen LogP contribution >= 0.6 is 11.3 Å². The lowest BCUT2D eigenvalue weighted by molar-refractivity contribution is -0.0123. The summed E-state index contributed by atoms with van der Waals surface area (Å²) in [4.78, 5) is 27.0. The number of aliphatic hydroxyl groups is 1. The van der Waals surface area contributed by atoms with Gasteiger partial charge in [0.25, 0.3) is 0 Å². The maximum absolute atomic E-state index is 15.6. The van der Waals surface area contributed by atoms with Crippen molar-refractivity contribution >= 4 is 38.3 Å². The van der Waals surface area contributed by atoms with Crippen molar-refractivity contribution in [3.8, 4) is 34.6 Å². The first-order valence-electron chi connectivity index (χ1n) is 18.6. The van der Waals surface area contributed by atoms with Gasteiger partial charge in [-0.1, -0.05) is 0 Å². The molecule has 0 bridgehead atoms. The summed E-state index contributed by atoms with van der Waals surface area (Å²) in [5.74, 6) is -0.00923. The quantitative estimate of drug-likeness (QED) is 0.227. The number of thiophene rings is 1. The summed E-state index contributed by atoms with van der Waals surface area (Å²) in [5.41, 5.74) is 0.836. The Morgan fingerprint density at radius 2 is 2.02 bits per heavy atom. The van der Waals surface area contributed by atoms with Crippen LogP contribution in [0.4, 0.5) is 24.4 Å². The Morgan fingerprint density at radius 1 is 1.24 bits per heavy atom. The number of amides is 1. The first-order chi connectivity index (χ1) is 25.9. The Morgan fingerprint density at radius 3 is 2.76 bits per heavy atom. The molecular formula is C39H46F2N8O5S. The summed E-state index contributed by atoms with van der Waals surface area (Å²) in [5, 5.41) is 30.0. The third-order valence-corrected chi connectivity index (χ3v) is 12.2. The number of alkyl halides is 1. The molecule has 55 heavy (non-hydrogen) atoms. The molecule has 1 amide bonds. The standard InChI is InChI=1S/C39H46F2N8O5S/c1-36(2,3)54-35(50)45-33-23(16-42)25-22(9-10-24(41)30(25)55-33)29-27-28(46-47(29)7)26-31(37(27,4)5)43-34(44-32(26)48-13-14-52-19-38(6,51)18-48)53-20-39-11-8-12-49(39)17-21(40)15-39/h9-10,21,51H,8,11-15,17-20H2,1-7H3,(H,45,50)/t21-,38+,39+/m1/s1. The number of fused-ring (bicyclic) bond motifs is 5. The number of carbonyl (C=O) groups excluding carboxylic acids is 1. The number of aryl methyl sites for hydroxylation is 1. The predicted molar refractivity (Wildman–Crippen MR) is 204 cm³/mol. The molecule has 4 aliphatic rings. The van der Waals surface area contributed by atoms with Crippen LogP contribution in [-0.4, -0.2) is 105 Å². The van der Waals surface area contributed by atoms with Crippen LogP contribution in [0.5, 0.6) is 6.01 Å². The number of hydrogen-bond acceptors (Lipinski definition) is 12. The van der Waals surface area contributed by atoms with Gasteiger partial charge in [-0.05, 0) is 73.1 Å². The van der Waals surface area contributed by atoms with E-state index in [2.05, 4.69) is 16.3 Å². The van der Waals surface area contributed by atoms with E-state index in [9.17, 15) is 19.6 Å². The van der Waals surface area contributed by atoms with Gasteiger partial charge in [0.2, 0.25) is 0 Å². The molecule has 292 valence electrons. The first kappa shape index (κ1) is 37.5. The van der Waals surface area contributed by atoms with Crippen molar-refractivity contribution < 1.29 is 32.9 Å². The summed E-state index contributed by atoms with van der Waals surface area (Å²) in [7, 11) is 1.80.